The molecule has 0 bridgehead atoms. The number of carbonyl (C=O) groups excluding carboxylic acids is 1. The predicted octanol–water partition coefficient (Wildman–Crippen LogP) is 5.52. The number of hydrogen-bond acceptors (Lipinski definition) is 5. The van der Waals surface area contributed by atoms with E-state index in [2.05, 4.69) is 20.9 Å². The molecule has 0 N–H and O–H groups in total. The third kappa shape index (κ3) is 4.83. The minimum absolute atomic E-state index is 0.0599. The van der Waals surface area contributed by atoms with E-state index >= 15 is 0 Å². The van der Waals surface area contributed by atoms with Crippen molar-refractivity contribution in [3.05, 3.63) is 99.4 Å². The van der Waals surface area contributed by atoms with Gasteiger partial charge < -0.3 is 14.2 Å². The van der Waals surface area contributed by atoms with Crippen LogP contribution in [0, 0.1) is 5.82 Å². The first-order chi connectivity index (χ1) is 15.0. The van der Waals surface area contributed by atoms with Gasteiger partial charge in [0.25, 0.3) is 0 Å². The highest BCUT2D eigenvalue weighted by Gasteiger charge is 2.26. The van der Waals surface area contributed by atoms with Crippen molar-refractivity contribution in [3.8, 4) is 11.5 Å². The van der Waals surface area contributed by atoms with Gasteiger partial charge in [-0.3, -0.25) is 0 Å². The van der Waals surface area contributed by atoms with Gasteiger partial charge in [-0.2, -0.15) is 0 Å². The highest BCUT2D eigenvalue weighted by atomic mass is 79.9. The van der Waals surface area contributed by atoms with Crippen LogP contribution in [0.3, 0.4) is 0 Å². The summed E-state index contributed by atoms with van der Waals surface area (Å²) in [5.74, 6) is -0.144. The Hall–Kier alpha value is -3.45. The Morgan fingerprint density at radius 2 is 1.90 bits per heavy atom. The maximum absolute atomic E-state index is 14.0. The van der Waals surface area contributed by atoms with Crippen molar-refractivity contribution in [2.45, 2.75) is 6.61 Å². The quantitative estimate of drug-likeness (QED) is 0.343. The molecule has 7 heteroatoms. The largest absolute Gasteiger partial charge is 0.493 e. The molecule has 156 valence electrons. The molecule has 31 heavy (non-hydrogen) atoms. The van der Waals surface area contributed by atoms with Gasteiger partial charge in [0.05, 0.1) is 12.7 Å². The number of benzene rings is 3. The molecule has 3 aromatic rings. The summed E-state index contributed by atoms with van der Waals surface area (Å²) in [7, 11) is 1.54. The molecule has 0 unspecified atom stereocenters. The topological polar surface area (TPSA) is 57.1 Å². The Labute approximate surface area is 186 Å². The van der Waals surface area contributed by atoms with Crippen LogP contribution in [0.2, 0.25) is 0 Å². The van der Waals surface area contributed by atoms with Crippen molar-refractivity contribution < 1.29 is 23.4 Å². The van der Waals surface area contributed by atoms with Crippen molar-refractivity contribution in [2.24, 2.45) is 4.99 Å². The molecule has 1 heterocycles. The van der Waals surface area contributed by atoms with Crippen LogP contribution in [0.15, 0.2) is 81.9 Å². The second-order valence-electron chi connectivity index (χ2n) is 6.64. The fourth-order valence-corrected chi connectivity index (χ4v) is 3.44. The highest BCUT2D eigenvalue weighted by molar-refractivity contribution is 9.10. The molecule has 0 saturated carbocycles. The van der Waals surface area contributed by atoms with Crippen molar-refractivity contribution in [2.75, 3.05) is 7.11 Å². The molecule has 5 nitrogen and oxygen atoms in total. The molecule has 0 aliphatic carbocycles. The van der Waals surface area contributed by atoms with Crippen LogP contribution in [0.1, 0.15) is 16.7 Å². The van der Waals surface area contributed by atoms with Crippen LogP contribution >= 0.6 is 15.9 Å². The zero-order valence-corrected chi connectivity index (χ0v) is 18.1. The lowest BCUT2D eigenvalue weighted by Crippen LogP contribution is -2.07. The summed E-state index contributed by atoms with van der Waals surface area (Å²) in [6.07, 6.45) is 1.55. The van der Waals surface area contributed by atoms with Gasteiger partial charge in [0.1, 0.15) is 12.4 Å². The summed E-state index contributed by atoms with van der Waals surface area (Å²) in [5, 5.41) is 0. The second-order valence-corrected chi connectivity index (χ2v) is 7.56. The lowest BCUT2D eigenvalue weighted by atomic mass is 10.1. The average Bonchev–Trinajstić information content (AvgIpc) is 3.13. The minimum Gasteiger partial charge on any atom is -0.493 e. The Morgan fingerprint density at radius 3 is 2.68 bits per heavy atom. The molecule has 0 aromatic heterocycles. The van der Waals surface area contributed by atoms with Gasteiger partial charge in [0, 0.05) is 4.47 Å². The van der Waals surface area contributed by atoms with E-state index in [9.17, 15) is 9.18 Å². The van der Waals surface area contributed by atoms with Gasteiger partial charge in [0.2, 0.25) is 5.90 Å². The first kappa shape index (κ1) is 20.8. The normalized spacial score (nSPS) is 14.4. The standard InChI is InChI=1S/C24H17BrFNO4/c1-29-22-13-15(9-10-21(22)30-14-16-5-4-6-17(25)11-16)12-20-24(28)31-23(27-20)18-7-2-3-8-19(18)26/h2-13H,14H2,1H3/b20-12-. The SMILES string of the molecule is COc1cc(/C=C2\N=C(c3ccccc3F)OC2=O)ccc1OCc1cccc(Br)c1. The molecular formula is C24H17BrFNO4. The van der Waals surface area contributed by atoms with Crippen molar-refractivity contribution in [1.29, 1.82) is 0 Å². The van der Waals surface area contributed by atoms with E-state index in [-0.39, 0.29) is 17.2 Å². The van der Waals surface area contributed by atoms with Crippen LogP contribution in [0.25, 0.3) is 6.08 Å². The van der Waals surface area contributed by atoms with Gasteiger partial charge in [-0.25, -0.2) is 14.2 Å². The zero-order chi connectivity index (χ0) is 21.8. The van der Waals surface area contributed by atoms with Gasteiger partial charge in [-0.05, 0) is 53.6 Å². The van der Waals surface area contributed by atoms with Crippen molar-refractivity contribution >= 4 is 33.9 Å². The number of rotatable bonds is 6. The number of aliphatic imine (C=N–C) groups is 1. The number of esters is 1. The lowest BCUT2D eigenvalue weighted by Gasteiger charge is -2.11. The Kier molecular flexibility index (Phi) is 6.13. The highest BCUT2D eigenvalue weighted by Crippen LogP contribution is 2.30. The molecule has 0 atom stereocenters. The molecule has 1 aliphatic heterocycles. The number of cyclic esters (lactones) is 1. The van der Waals surface area contributed by atoms with Gasteiger partial charge in [-0.15, -0.1) is 0 Å². The van der Waals surface area contributed by atoms with Crippen LogP contribution in [-0.2, 0) is 16.1 Å². The van der Waals surface area contributed by atoms with Gasteiger partial charge in [-0.1, -0.05) is 46.3 Å². The summed E-state index contributed by atoms with van der Waals surface area (Å²) in [4.78, 5) is 16.3. The van der Waals surface area contributed by atoms with E-state index in [1.165, 1.54) is 19.2 Å². The number of methoxy groups -OCH3 is 1. The number of carbonyl (C=O) groups is 1. The average molecular weight is 482 g/mol. The number of ether oxygens (including phenoxy) is 3. The van der Waals surface area contributed by atoms with Crippen LogP contribution < -0.4 is 9.47 Å². The summed E-state index contributed by atoms with van der Waals surface area (Å²) in [6, 6.07) is 19.1. The number of hydrogen-bond donors (Lipinski definition) is 0. The van der Waals surface area contributed by atoms with E-state index in [0.29, 0.717) is 23.7 Å². The van der Waals surface area contributed by atoms with Crippen LogP contribution in [-0.4, -0.2) is 19.0 Å². The Morgan fingerprint density at radius 1 is 1.06 bits per heavy atom. The first-order valence-corrected chi connectivity index (χ1v) is 10.2. The van der Waals surface area contributed by atoms with E-state index in [0.717, 1.165) is 10.0 Å². The molecule has 0 fully saturated rings. The van der Waals surface area contributed by atoms with E-state index in [1.54, 1.807) is 36.4 Å². The molecule has 4 rings (SSSR count). The third-order valence-electron chi connectivity index (χ3n) is 4.50. The zero-order valence-electron chi connectivity index (χ0n) is 16.5. The van der Waals surface area contributed by atoms with E-state index < -0.39 is 11.8 Å². The smallest absolute Gasteiger partial charge is 0.363 e. The number of nitrogens with zero attached hydrogens (tertiary/aromatic N) is 1. The predicted molar refractivity (Wildman–Crippen MR) is 118 cm³/mol. The Bertz CT molecular complexity index is 1210. The monoisotopic (exact) mass is 481 g/mol. The van der Waals surface area contributed by atoms with Gasteiger partial charge >= 0.3 is 5.97 Å². The molecule has 0 saturated heterocycles. The van der Waals surface area contributed by atoms with Crippen molar-refractivity contribution in [1.82, 2.24) is 0 Å². The molecule has 3 aromatic carbocycles. The van der Waals surface area contributed by atoms with Gasteiger partial charge in [0.15, 0.2) is 17.2 Å². The fraction of sp³-hybridized carbons (Fsp3) is 0.0833. The van der Waals surface area contributed by atoms with Crippen LogP contribution in [0.5, 0.6) is 11.5 Å². The summed E-state index contributed by atoms with van der Waals surface area (Å²) >= 11 is 3.44. The summed E-state index contributed by atoms with van der Waals surface area (Å²) in [5.41, 5.74) is 1.87. The molecule has 0 spiro atoms. The van der Waals surface area contributed by atoms with Crippen molar-refractivity contribution in [3.63, 3.8) is 0 Å². The Balaban J connectivity index is 1.55. The maximum Gasteiger partial charge on any atom is 0.363 e. The summed E-state index contributed by atoms with van der Waals surface area (Å²) in [6.45, 7) is 0.374. The molecule has 0 radical (unpaired) electrons. The van der Waals surface area contributed by atoms with Crippen LogP contribution in [0.4, 0.5) is 4.39 Å². The first-order valence-electron chi connectivity index (χ1n) is 9.36. The number of halogens is 2. The third-order valence-corrected chi connectivity index (χ3v) is 4.99. The lowest BCUT2D eigenvalue weighted by molar-refractivity contribution is -0.129. The fourth-order valence-electron chi connectivity index (χ4n) is 3.00. The minimum atomic E-state index is -0.646. The molecule has 0 amide bonds. The summed E-state index contributed by atoms with van der Waals surface area (Å²) < 4.78 is 31.4. The molecular weight excluding hydrogens is 465 g/mol. The second kappa shape index (κ2) is 9.14. The van der Waals surface area contributed by atoms with E-state index in [1.807, 2.05) is 24.3 Å². The maximum atomic E-state index is 14.0. The van der Waals surface area contributed by atoms with E-state index in [4.69, 9.17) is 14.2 Å². The molecule has 1 aliphatic rings.